The van der Waals surface area contributed by atoms with E-state index in [4.69, 9.17) is 0 Å². The molecule has 26 heavy (non-hydrogen) atoms. The quantitative estimate of drug-likeness (QED) is 0.313. The van der Waals surface area contributed by atoms with Crippen LogP contribution in [0.5, 0.6) is 0 Å². The van der Waals surface area contributed by atoms with E-state index in [1.54, 1.807) is 0 Å². The predicted molar refractivity (Wildman–Crippen MR) is 109 cm³/mol. The zero-order valence-electron chi connectivity index (χ0n) is 14.3. The van der Waals surface area contributed by atoms with Crippen molar-refractivity contribution in [3.05, 3.63) is 127 Å². The molecular weight excluding hydrogens is 440 g/mol. The molecule has 0 atom stereocenters. The molecule has 0 aromatic heterocycles. The van der Waals surface area contributed by atoms with E-state index < -0.39 is 0 Å². The summed E-state index contributed by atoms with van der Waals surface area (Å²) in [5.74, 6) is 5.06. The van der Waals surface area contributed by atoms with E-state index in [0.29, 0.717) is 0 Å². The molecule has 0 spiro atoms. The van der Waals surface area contributed by atoms with Crippen molar-refractivity contribution in [2.75, 3.05) is 11.5 Å². The van der Waals surface area contributed by atoms with Gasteiger partial charge in [0, 0.05) is 11.5 Å². The molecule has 20 radical (unpaired) electrons. The van der Waals surface area contributed by atoms with Crippen molar-refractivity contribution in [3.63, 3.8) is 0 Å². The molecule has 4 heteroatoms. The molecule has 4 fully saturated rings. The predicted octanol–water partition coefficient (Wildman–Crippen LogP) is 5.22. The van der Waals surface area contributed by atoms with E-state index in [2.05, 4.69) is 51.4 Å². The Morgan fingerprint density at radius 2 is 0.615 bits per heavy atom. The fourth-order valence-electron chi connectivity index (χ4n) is 1.88. The molecule has 134 valence electrons. The van der Waals surface area contributed by atoms with Crippen molar-refractivity contribution in [2.24, 2.45) is 0 Å². The molecule has 0 aliphatic heterocycles. The molecule has 0 aromatic carbocycles. The van der Waals surface area contributed by atoms with Crippen LogP contribution in [0.1, 0.15) is 0 Å². The maximum Gasteiger partial charge on any atom is 2.00 e. The molecule has 0 bridgehead atoms. The van der Waals surface area contributed by atoms with E-state index in [1.807, 2.05) is 85.8 Å². The normalized spacial score (nSPS) is 22.6. The minimum atomic E-state index is 0. The van der Waals surface area contributed by atoms with Crippen LogP contribution in [0, 0.1) is 127 Å². The second kappa shape index (κ2) is 20.0. The second-order valence-electron chi connectivity index (χ2n) is 5.04. The maximum absolute atomic E-state index is 2.18. The Morgan fingerprint density at radius 1 is 0.385 bits per heavy atom. The van der Waals surface area contributed by atoms with E-state index >= 15 is 0 Å². The van der Waals surface area contributed by atoms with Crippen molar-refractivity contribution in [2.45, 2.75) is 0 Å². The van der Waals surface area contributed by atoms with Gasteiger partial charge >= 0.3 is 34.1 Å². The maximum atomic E-state index is 2.18. The third-order valence-corrected chi connectivity index (χ3v) is 5.39. The molecule has 0 aromatic rings. The van der Waals surface area contributed by atoms with Gasteiger partial charge in [0.1, 0.15) is 0 Å². The van der Waals surface area contributed by atoms with Crippen LogP contribution < -0.4 is 0 Å². The smallest absolute Gasteiger partial charge is 0.0935 e. The van der Waals surface area contributed by atoms with Gasteiger partial charge in [-0.1, -0.05) is 21.6 Å². The van der Waals surface area contributed by atoms with Crippen LogP contribution >= 0.6 is 21.6 Å². The molecule has 4 rings (SSSR count). The van der Waals surface area contributed by atoms with Crippen LogP contribution in [-0.4, -0.2) is 11.5 Å². The molecule has 0 nitrogen and oxygen atoms in total. The Kier molecular flexibility index (Phi) is 21.4. The van der Waals surface area contributed by atoms with Gasteiger partial charge in [0.15, 0.2) is 0 Å². The molecule has 0 heterocycles. The summed E-state index contributed by atoms with van der Waals surface area (Å²) in [4.78, 5) is 0. The monoisotopic (exact) mass is 462 g/mol. The van der Waals surface area contributed by atoms with Crippen molar-refractivity contribution >= 4 is 21.6 Å². The van der Waals surface area contributed by atoms with Crippen LogP contribution in [0.2, 0.25) is 0 Å². The summed E-state index contributed by atoms with van der Waals surface area (Å²) in [5, 5.41) is 0. The minimum absolute atomic E-state index is 0. The third-order valence-electron chi connectivity index (χ3n) is 3.11. The Hall–Kier alpha value is 1.74. The van der Waals surface area contributed by atoms with E-state index in [1.165, 1.54) is 11.8 Å². The summed E-state index contributed by atoms with van der Waals surface area (Å²) in [6.07, 6.45) is 37.1. The number of hydrogen-bond acceptors (Lipinski definition) is 2. The first-order valence-corrected chi connectivity index (χ1v) is 10.4. The summed E-state index contributed by atoms with van der Waals surface area (Å²) in [5.41, 5.74) is 0. The summed E-state index contributed by atoms with van der Waals surface area (Å²) in [6, 6.07) is 0. The van der Waals surface area contributed by atoms with Gasteiger partial charge in [-0.25, -0.2) is 0 Å². The zero-order chi connectivity index (χ0) is 16.7. The van der Waals surface area contributed by atoms with Gasteiger partial charge in [-0.05, 0) is 127 Å². The van der Waals surface area contributed by atoms with Gasteiger partial charge in [-0.15, -0.1) is 0 Å². The van der Waals surface area contributed by atoms with Crippen LogP contribution in [0.15, 0.2) is 0 Å². The average Bonchev–Trinajstić information content (AvgIpc) is 3.44. The molecule has 4 saturated carbocycles. The summed E-state index contributed by atoms with van der Waals surface area (Å²) in [7, 11) is 3.85. The first-order valence-electron chi connectivity index (χ1n) is 7.94. The first kappa shape index (κ1) is 27.7. The van der Waals surface area contributed by atoms with E-state index in [0.717, 1.165) is 11.5 Å². The largest absolute Gasteiger partial charge is 2.00 e. The van der Waals surface area contributed by atoms with Gasteiger partial charge in [0.2, 0.25) is 0 Å². The van der Waals surface area contributed by atoms with Gasteiger partial charge in [-0.2, -0.15) is 0 Å². The Bertz CT molecular complexity index is 226. The Labute approximate surface area is 193 Å². The van der Waals surface area contributed by atoms with Gasteiger partial charge in [0.05, 0.1) is 0 Å². The Morgan fingerprint density at radius 3 is 0.846 bits per heavy atom. The summed E-state index contributed by atoms with van der Waals surface area (Å²) >= 11 is 0. The van der Waals surface area contributed by atoms with Gasteiger partial charge in [0.25, 0.3) is 0 Å². The van der Waals surface area contributed by atoms with Gasteiger partial charge in [-0.3, -0.25) is 0 Å². The Balaban J connectivity index is 0.000000432. The third kappa shape index (κ3) is 14.7. The topological polar surface area (TPSA) is 0 Å². The molecule has 0 unspecified atom stereocenters. The molecule has 4 aliphatic carbocycles. The molecule has 0 N–H and O–H groups in total. The number of rotatable bonds is 5. The number of hydrogen-bond donors (Lipinski definition) is 0. The van der Waals surface area contributed by atoms with Crippen molar-refractivity contribution in [3.8, 4) is 0 Å². The van der Waals surface area contributed by atoms with Crippen LogP contribution in [0.25, 0.3) is 0 Å². The van der Waals surface area contributed by atoms with Gasteiger partial charge < -0.3 is 0 Å². The van der Waals surface area contributed by atoms with Crippen molar-refractivity contribution in [1.29, 1.82) is 0 Å². The summed E-state index contributed by atoms with van der Waals surface area (Å²) in [6.45, 7) is 0. The summed E-state index contributed by atoms with van der Waals surface area (Å²) < 4.78 is 0. The SMILES string of the molecule is [CH]1[CH][CH][CH][CH]1.[CH]1[CH][CH][CH][CH]1.[CH]1[CH][CH][C](CSSC[C]2[CH][CH][CH][CH]2)[CH]1.[Fe+2].[Fe+2]. The molecule has 0 saturated heterocycles. The van der Waals surface area contributed by atoms with Crippen molar-refractivity contribution < 1.29 is 34.1 Å². The second-order valence-corrected chi connectivity index (χ2v) is 7.50. The first-order chi connectivity index (χ1) is 11.9. The average molecular weight is 462 g/mol. The minimum Gasteiger partial charge on any atom is -0.0935 e. The standard InChI is InChI=1S/C12H12S2.2C5H5.2Fe/c1-2-6-11(5-1)9-13-14-10-12-7-3-4-8-12;2*1-2-4-5-3-1;;/h1-8H,9-10H2;2*1-5H;;/q;;;2*+2. The molecule has 0 amide bonds. The van der Waals surface area contributed by atoms with E-state index in [-0.39, 0.29) is 34.1 Å². The van der Waals surface area contributed by atoms with Crippen LogP contribution in [-0.2, 0) is 34.1 Å². The zero-order valence-corrected chi connectivity index (χ0v) is 18.2. The molecule has 4 aliphatic rings. The molecular formula is C22H22Fe2S2+4. The van der Waals surface area contributed by atoms with Crippen molar-refractivity contribution in [1.82, 2.24) is 0 Å². The fraction of sp³-hybridized carbons (Fsp3) is 0.0909. The van der Waals surface area contributed by atoms with E-state index in [9.17, 15) is 0 Å². The van der Waals surface area contributed by atoms with Crippen LogP contribution in [0.3, 0.4) is 0 Å². The fourth-order valence-corrected chi connectivity index (χ4v) is 4.02. The van der Waals surface area contributed by atoms with Crippen LogP contribution in [0.4, 0.5) is 0 Å².